The van der Waals surface area contributed by atoms with Crippen molar-refractivity contribution in [3.63, 3.8) is 0 Å². The summed E-state index contributed by atoms with van der Waals surface area (Å²) in [5, 5.41) is 8.62. The molecule has 2 rings (SSSR count). The van der Waals surface area contributed by atoms with Gasteiger partial charge in [0.15, 0.2) is 5.82 Å². The second kappa shape index (κ2) is 5.09. The number of hydrogen-bond donors (Lipinski definition) is 2. The number of aromatic nitrogens is 3. The summed E-state index contributed by atoms with van der Waals surface area (Å²) in [6.45, 7) is 1.71. The summed E-state index contributed by atoms with van der Waals surface area (Å²) in [4.78, 5) is 34.0. The topological polar surface area (TPSA) is 95.9 Å². The lowest BCUT2D eigenvalue weighted by molar-refractivity contribution is -0.136. The molecule has 6 nitrogen and oxygen atoms in total. The quantitative estimate of drug-likeness (QED) is 0.866. The maximum atomic E-state index is 11.9. The molecule has 0 aliphatic heterocycles. The van der Waals surface area contributed by atoms with Crippen molar-refractivity contribution in [1.29, 1.82) is 0 Å². The maximum absolute atomic E-state index is 11.9. The summed E-state index contributed by atoms with van der Waals surface area (Å²) < 4.78 is 0. The number of nitrogens with zero attached hydrogens (tertiary/aromatic N) is 2. The number of carbonyl (C=O) groups is 1. The van der Waals surface area contributed by atoms with Crippen molar-refractivity contribution in [2.24, 2.45) is 0 Å². The normalized spacial score (nSPS) is 10.5. The molecule has 7 heteroatoms. The number of hydrogen-bond acceptors (Lipinski definition) is 5. The van der Waals surface area contributed by atoms with Crippen LogP contribution in [0.2, 0.25) is 0 Å². The number of carboxylic acid groups (broad SMARTS) is 1. The summed E-state index contributed by atoms with van der Waals surface area (Å²) in [5.74, 6) is -0.459. The molecular formula is C11H11N3O3S. The van der Waals surface area contributed by atoms with Gasteiger partial charge in [-0.05, 0) is 13.3 Å². The highest BCUT2D eigenvalue weighted by Crippen LogP contribution is 2.18. The van der Waals surface area contributed by atoms with E-state index in [-0.39, 0.29) is 18.4 Å². The molecule has 0 bridgehead atoms. The van der Waals surface area contributed by atoms with Crippen molar-refractivity contribution in [2.75, 3.05) is 0 Å². The van der Waals surface area contributed by atoms with E-state index in [2.05, 4.69) is 15.0 Å². The first-order valence-electron chi connectivity index (χ1n) is 5.28. The molecule has 0 amide bonds. The summed E-state index contributed by atoms with van der Waals surface area (Å²) in [6.07, 6.45) is 1.73. The van der Waals surface area contributed by atoms with Gasteiger partial charge in [0.05, 0.1) is 10.4 Å². The highest BCUT2D eigenvalue weighted by Gasteiger charge is 2.11. The van der Waals surface area contributed by atoms with Gasteiger partial charge in [0, 0.05) is 23.9 Å². The zero-order chi connectivity index (χ0) is 13.1. The summed E-state index contributed by atoms with van der Waals surface area (Å²) in [6, 6.07) is 0. The van der Waals surface area contributed by atoms with Crippen LogP contribution in [-0.2, 0) is 11.2 Å². The third kappa shape index (κ3) is 2.62. The third-order valence-electron chi connectivity index (χ3n) is 2.48. The van der Waals surface area contributed by atoms with Crippen molar-refractivity contribution in [3.05, 3.63) is 33.3 Å². The van der Waals surface area contributed by atoms with Crippen LogP contribution < -0.4 is 5.56 Å². The molecular weight excluding hydrogens is 254 g/mol. The second-order valence-electron chi connectivity index (χ2n) is 3.74. The van der Waals surface area contributed by atoms with E-state index in [0.29, 0.717) is 17.1 Å². The molecule has 94 valence electrons. The van der Waals surface area contributed by atoms with Gasteiger partial charge in [-0.15, -0.1) is 11.3 Å². The Balaban J connectivity index is 2.35. The molecule has 0 aromatic carbocycles. The van der Waals surface area contributed by atoms with Crippen molar-refractivity contribution in [2.45, 2.75) is 19.8 Å². The van der Waals surface area contributed by atoms with Gasteiger partial charge in [-0.2, -0.15) is 0 Å². The van der Waals surface area contributed by atoms with E-state index in [1.165, 1.54) is 11.3 Å². The first-order chi connectivity index (χ1) is 8.58. The van der Waals surface area contributed by atoms with E-state index in [1.807, 2.05) is 0 Å². The molecule has 2 aromatic heterocycles. The molecule has 0 spiro atoms. The number of aromatic amines is 1. The van der Waals surface area contributed by atoms with Crippen molar-refractivity contribution < 1.29 is 9.90 Å². The van der Waals surface area contributed by atoms with E-state index < -0.39 is 5.97 Å². The number of rotatable bonds is 4. The fourth-order valence-corrected chi connectivity index (χ4v) is 2.15. The van der Waals surface area contributed by atoms with E-state index in [4.69, 9.17) is 5.11 Å². The first-order valence-corrected chi connectivity index (χ1v) is 6.16. The average molecular weight is 265 g/mol. The average Bonchev–Trinajstić information content (AvgIpc) is 2.80. The molecule has 0 aliphatic carbocycles. The van der Waals surface area contributed by atoms with E-state index in [1.54, 1.807) is 18.6 Å². The lowest BCUT2D eigenvalue weighted by Gasteiger charge is -2.04. The number of carboxylic acids is 1. The summed E-state index contributed by atoms with van der Waals surface area (Å²) in [7, 11) is 0. The molecule has 2 N–H and O–H groups in total. The van der Waals surface area contributed by atoms with Gasteiger partial charge in [0.1, 0.15) is 0 Å². The molecule has 2 heterocycles. The molecule has 18 heavy (non-hydrogen) atoms. The maximum Gasteiger partial charge on any atom is 0.303 e. The predicted octanol–water partition coefficient (Wildman–Crippen LogP) is 1.22. The monoisotopic (exact) mass is 265 g/mol. The number of H-pyrrole nitrogens is 1. The molecule has 0 saturated heterocycles. The largest absolute Gasteiger partial charge is 0.481 e. The van der Waals surface area contributed by atoms with E-state index in [9.17, 15) is 9.59 Å². The summed E-state index contributed by atoms with van der Waals surface area (Å²) >= 11 is 1.38. The Hall–Kier alpha value is -2.02. The minimum atomic E-state index is -0.930. The Morgan fingerprint density at radius 1 is 1.56 bits per heavy atom. The molecule has 2 aromatic rings. The Morgan fingerprint density at radius 3 is 2.89 bits per heavy atom. The van der Waals surface area contributed by atoms with Crippen molar-refractivity contribution in [3.8, 4) is 10.7 Å². The minimum absolute atomic E-state index is 0.0779. The lowest BCUT2D eigenvalue weighted by atomic mass is 10.1. The van der Waals surface area contributed by atoms with E-state index in [0.717, 1.165) is 4.88 Å². The molecule has 0 unspecified atom stereocenters. The SMILES string of the molecule is Cc1nc(-c2cncs2)[nH]c(=O)c1CCC(=O)O. The highest BCUT2D eigenvalue weighted by atomic mass is 32.1. The predicted molar refractivity (Wildman–Crippen MR) is 66.7 cm³/mol. The zero-order valence-electron chi connectivity index (χ0n) is 9.64. The Bertz CT molecular complexity index is 619. The van der Waals surface area contributed by atoms with Crippen molar-refractivity contribution >= 4 is 17.3 Å². The highest BCUT2D eigenvalue weighted by molar-refractivity contribution is 7.13. The van der Waals surface area contributed by atoms with Crippen LogP contribution in [0.15, 0.2) is 16.5 Å². The van der Waals surface area contributed by atoms with Crippen LogP contribution in [0.4, 0.5) is 0 Å². The standard InChI is InChI=1S/C11H11N3O3S/c1-6-7(2-3-9(15)16)11(17)14-10(13-6)8-4-12-5-18-8/h4-5H,2-3H2,1H3,(H,15,16)(H,13,14,17). The molecule has 0 aliphatic rings. The first kappa shape index (κ1) is 12.4. The third-order valence-corrected chi connectivity index (χ3v) is 3.26. The Kier molecular flexibility index (Phi) is 3.52. The van der Waals surface area contributed by atoms with Gasteiger partial charge >= 0.3 is 5.97 Å². The van der Waals surface area contributed by atoms with Crippen LogP contribution in [0.25, 0.3) is 10.7 Å². The van der Waals surface area contributed by atoms with Gasteiger partial charge in [-0.25, -0.2) is 4.98 Å². The zero-order valence-corrected chi connectivity index (χ0v) is 10.5. The van der Waals surface area contributed by atoms with Crippen LogP contribution in [0.5, 0.6) is 0 Å². The van der Waals surface area contributed by atoms with Crippen LogP contribution >= 0.6 is 11.3 Å². The molecule has 0 saturated carbocycles. The number of aliphatic carboxylic acids is 1. The Labute approximate surface area is 106 Å². The second-order valence-corrected chi connectivity index (χ2v) is 4.62. The number of aryl methyl sites for hydroxylation is 1. The van der Waals surface area contributed by atoms with Crippen LogP contribution in [0, 0.1) is 6.92 Å². The molecule has 0 atom stereocenters. The smallest absolute Gasteiger partial charge is 0.303 e. The minimum Gasteiger partial charge on any atom is -0.481 e. The summed E-state index contributed by atoms with van der Waals surface area (Å²) in [5.41, 5.74) is 2.35. The van der Waals surface area contributed by atoms with E-state index >= 15 is 0 Å². The van der Waals surface area contributed by atoms with Gasteiger partial charge in [-0.3, -0.25) is 14.6 Å². The van der Waals surface area contributed by atoms with Crippen molar-refractivity contribution in [1.82, 2.24) is 15.0 Å². The van der Waals surface area contributed by atoms with Gasteiger partial charge in [0.2, 0.25) is 0 Å². The fourth-order valence-electron chi connectivity index (χ4n) is 1.59. The Morgan fingerprint density at radius 2 is 2.33 bits per heavy atom. The van der Waals surface area contributed by atoms with Crippen LogP contribution in [0.3, 0.4) is 0 Å². The number of thiazole rings is 1. The lowest BCUT2D eigenvalue weighted by Crippen LogP contribution is -2.18. The van der Waals surface area contributed by atoms with Gasteiger partial charge < -0.3 is 10.1 Å². The van der Waals surface area contributed by atoms with Crippen LogP contribution in [-0.4, -0.2) is 26.0 Å². The molecule has 0 fully saturated rings. The number of nitrogens with one attached hydrogen (secondary N) is 1. The van der Waals surface area contributed by atoms with Crippen LogP contribution in [0.1, 0.15) is 17.7 Å². The van der Waals surface area contributed by atoms with Gasteiger partial charge in [0.25, 0.3) is 5.56 Å². The van der Waals surface area contributed by atoms with Gasteiger partial charge in [-0.1, -0.05) is 0 Å². The fraction of sp³-hybridized carbons (Fsp3) is 0.273. The molecule has 0 radical (unpaired) electrons.